The monoisotopic (exact) mass is 328 g/mol. The SMILES string of the molecule is Cc1cc(C)c(C(=O)CSc2nnc(-c3ccco3)o2)c(C)c1. The molecule has 5 nitrogen and oxygen atoms in total. The zero-order valence-electron chi connectivity index (χ0n) is 13.1. The second-order valence-corrected chi connectivity index (χ2v) is 6.26. The van der Waals surface area contributed by atoms with Crippen LogP contribution in [-0.4, -0.2) is 21.7 Å². The average molecular weight is 328 g/mol. The molecule has 0 unspecified atom stereocenters. The highest BCUT2D eigenvalue weighted by atomic mass is 32.2. The van der Waals surface area contributed by atoms with E-state index in [0.29, 0.717) is 16.9 Å². The molecule has 3 aromatic rings. The van der Waals surface area contributed by atoms with Gasteiger partial charge in [-0.25, -0.2) is 0 Å². The lowest BCUT2D eigenvalue weighted by molar-refractivity contribution is 0.102. The summed E-state index contributed by atoms with van der Waals surface area (Å²) < 4.78 is 10.7. The lowest BCUT2D eigenvalue weighted by Gasteiger charge is -2.09. The number of carbonyl (C=O) groups is 1. The van der Waals surface area contributed by atoms with E-state index in [-0.39, 0.29) is 11.5 Å². The molecule has 2 heterocycles. The topological polar surface area (TPSA) is 69.1 Å². The highest BCUT2D eigenvalue weighted by Crippen LogP contribution is 2.25. The number of thioether (sulfide) groups is 1. The Balaban J connectivity index is 1.70. The van der Waals surface area contributed by atoms with Crippen molar-refractivity contribution in [1.29, 1.82) is 0 Å². The first-order valence-electron chi connectivity index (χ1n) is 7.16. The largest absolute Gasteiger partial charge is 0.459 e. The van der Waals surface area contributed by atoms with Crippen LogP contribution in [0.2, 0.25) is 0 Å². The molecule has 2 aromatic heterocycles. The molecule has 0 aliphatic rings. The van der Waals surface area contributed by atoms with Crippen molar-refractivity contribution in [2.45, 2.75) is 26.0 Å². The molecule has 0 fully saturated rings. The maximum Gasteiger partial charge on any atom is 0.284 e. The zero-order chi connectivity index (χ0) is 16.4. The minimum absolute atomic E-state index is 0.0581. The summed E-state index contributed by atoms with van der Waals surface area (Å²) in [5.74, 6) is 1.14. The molecule has 0 aliphatic carbocycles. The number of Topliss-reactive ketones (excluding diaryl/α,β-unsaturated/α-hetero) is 1. The molecule has 0 radical (unpaired) electrons. The fourth-order valence-electron chi connectivity index (χ4n) is 2.59. The van der Waals surface area contributed by atoms with Crippen molar-refractivity contribution in [1.82, 2.24) is 10.2 Å². The number of rotatable bonds is 5. The first kappa shape index (κ1) is 15.6. The second kappa shape index (κ2) is 6.42. The van der Waals surface area contributed by atoms with E-state index in [0.717, 1.165) is 22.3 Å². The van der Waals surface area contributed by atoms with Crippen molar-refractivity contribution in [3.63, 3.8) is 0 Å². The first-order valence-corrected chi connectivity index (χ1v) is 8.14. The third kappa shape index (κ3) is 3.37. The van der Waals surface area contributed by atoms with Gasteiger partial charge in [0, 0.05) is 5.56 Å². The number of nitrogens with zero attached hydrogens (tertiary/aromatic N) is 2. The van der Waals surface area contributed by atoms with Crippen LogP contribution in [0.5, 0.6) is 0 Å². The van der Waals surface area contributed by atoms with Crippen molar-refractivity contribution < 1.29 is 13.6 Å². The van der Waals surface area contributed by atoms with Crippen LogP contribution in [0.1, 0.15) is 27.0 Å². The third-order valence-electron chi connectivity index (χ3n) is 3.42. The van der Waals surface area contributed by atoms with Crippen LogP contribution in [0.3, 0.4) is 0 Å². The summed E-state index contributed by atoms with van der Waals surface area (Å²) in [6.45, 7) is 5.94. The van der Waals surface area contributed by atoms with Crippen molar-refractivity contribution in [3.8, 4) is 11.7 Å². The Labute approximate surface area is 138 Å². The predicted octanol–water partition coefficient (Wildman–Crippen LogP) is 4.23. The Kier molecular flexibility index (Phi) is 4.34. The number of aryl methyl sites for hydroxylation is 3. The molecule has 0 amide bonds. The molecule has 0 aliphatic heterocycles. The molecule has 118 valence electrons. The molecule has 0 saturated heterocycles. The Bertz CT molecular complexity index is 814. The molecule has 3 rings (SSSR count). The normalized spacial score (nSPS) is 10.9. The van der Waals surface area contributed by atoms with Crippen LogP contribution in [0.4, 0.5) is 0 Å². The molecule has 0 bridgehead atoms. The van der Waals surface area contributed by atoms with Gasteiger partial charge in [-0.05, 0) is 44.0 Å². The quantitative estimate of drug-likeness (QED) is 0.515. The smallest absolute Gasteiger partial charge is 0.284 e. The van der Waals surface area contributed by atoms with Crippen LogP contribution in [0, 0.1) is 20.8 Å². The summed E-state index contributed by atoms with van der Waals surface area (Å²) in [5, 5.41) is 8.20. The van der Waals surface area contributed by atoms with E-state index in [1.54, 1.807) is 18.4 Å². The van der Waals surface area contributed by atoms with Gasteiger partial charge in [0.2, 0.25) is 0 Å². The summed E-state index contributed by atoms with van der Waals surface area (Å²) in [6, 6.07) is 7.53. The van der Waals surface area contributed by atoms with E-state index in [1.807, 2.05) is 32.9 Å². The second-order valence-electron chi connectivity index (χ2n) is 5.34. The lowest BCUT2D eigenvalue weighted by atomic mass is 9.97. The number of furan rings is 1. The molecule has 6 heteroatoms. The van der Waals surface area contributed by atoms with Crippen LogP contribution >= 0.6 is 11.8 Å². The van der Waals surface area contributed by atoms with E-state index < -0.39 is 0 Å². The van der Waals surface area contributed by atoms with Crippen molar-refractivity contribution in [3.05, 3.63) is 52.8 Å². The van der Waals surface area contributed by atoms with E-state index >= 15 is 0 Å². The summed E-state index contributed by atoms with van der Waals surface area (Å²) in [7, 11) is 0. The van der Waals surface area contributed by atoms with Crippen molar-refractivity contribution in [2.24, 2.45) is 0 Å². The summed E-state index contributed by atoms with van der Waals surface area (Å²) in [6.07, 6.45) is 1.54. The number of hydrogen-bond acceptors (Lipinski definition) is 6. The van der Waals surface area contributed by atoms with Gasteiger partial charge in [0.15, 0.2) is 11.5 Å². The Hall–Kier alpha value is -2.34. The third-order valence-corrected chi connectivity index (χ3v) is 4.24. The molecule has 1 aromatic carbocycles. The summed E-state index contributed by atoms with van der Waals surface area (Å²) >= 11 is 1.23. The predicted molar refractivity (Wildman–Crippen MR) is 87.7 cm³/mol. The van der Waals surface area contributed by atoms with Crippen LogP contribution in [0.25, 0.3) is 11.7 Å². The van der Waals surface area contributed by atoms with Gasteiger partial charge in [0.25, 0.3) is 11.1 Å². The molecule has 23 heavy (non-hydrogen) atoms. The molecule has 0 spiro atoms. The average Bonchev–Trinajstić information content (AvgIpc) is 3.15. The maximum absolute atomic E-state index is 12.5. The molecule has 0 atom stereocenters. The highest BCUT2D eigenvalue weighted by Gasteiger charge is 2.16. The Morgan fingerprint density at radius 2 is 1.91 bits per heavy atom. The van der Waals surface area contributed by atoms with Crippen molar-refractivity contribution in [2.75, 3.05) is 5.75 Å². The minimum Gasteiger partial charge on any atom is -0.459 e. The van der Waals surface area contributed by atoms with Crippen LogP contribution in [-0.2, 0) is 0 Å². The lowest BCUT2D eigenvalue weighted by Crippen LogP contribution is -2.07. The van der Waals surface area contributed by atoms with Gasteiger partial charge in [-0.2, -0.15) is 0 Å². The standard InChI is InChI=1S/C17H16N2O3S/c1-10-7-11(2)15(12(3)8-10)13(20)9-23-17-19-18-16(22-17)14-5-4-6-21-14/h4-8H,9H2,1-3H3. The molecule has 0 N–H and O–H groups in total. The maximum atomic E-state index is 12.5. The van der Waals surface area contributed by atoms with Gasteiger partial charge in [0.05, 0.1) is 12.0 Å². The Morgan fingerprint density at radius 1 is 1.17 bits per heavy atom. The van der Waals surface area contributed by atoms with Gasteiger partial charge < -0.3 is 8.83 Å². The van der Waals surface area contributed by atoms with Crippen LogP contribution < -0.4 is 0 Å². The van der Waals surface area contributed by atoms with Crippen molar-refractivity contribution >= 4 is 17.5 Å². The van der Waals surface area contributed by atoms with Gasteiger partial charge in [0.1, 0.15) is 0 Å². The van der Waals surface area contributed by atoms with Gasteiger partial charge in [-0.3, -0.25) is 4.79 Å². The van der Waals surface area contributed by atoms with Crippen LogP contribution in [0.15, 0.2) is 44.6 Å². The molecular formula is C17H16N2O3S. The molecule has 0 saturated carbocycles. The molecular weight excluding hydrogens is 312 g/mol. The van der Waals surface area contributed by atoms with Gasteiger partial charge in [-0.1, -0.05) is 29.5 Å². The first-order chi connectivity index (χ1) is 11.0. The number of benzene rings is 1. The minimum atomic E-state index is 0.0581. The van der Waals surface area contributed by atoms with E-state index in [1.165, 1.54) is 11.8 Å². The zero-order valence-corrected chi connectivity index (χ0v) is 13.9. The fourth-order valence-corrected chi connectivity index (χ4v) is 3.22. The van der Waals surface area contributed by atoms with Gasteiger partial charge >= 0.3 is 0 Å². The summed E-state index contributed by atoms with van der Waals surface area (Å²) in [4.78, 5) is 12.5. The number of ketones is 1. The van der Waals surface area contributed by atoms with E-state index in [4.69, 9.17) is 8.83 Å². The van der Waals surface area contributed by atoms with Gasteiger partial charge in [-0.15, -0.1) is 10.2 Å². The number of aromatic nitrogens is 2. The Morgan fingerprint density at radius 3 is 2.57 bits per heavy atom. The van der Waals surface area contributed by atoms with E-state index in [2.05, 4.69) is 10.2 Å². The van der Waals surface area contributed by atoms with E-state index in [9.17, 15) is 4.79 Å². The highest BCUT2D eigenvalue weighted by molar-refractivity contribution is 7.99. The summed E-state index contributed by atoms with van der Waals surface area (Å²) in [5.41, 5.74) is 3.92. The fraction of sp³-hybridized carbons (Fsp3) is 0.235. The number of hydrogen-bond donors (Lipinski definition) is 0. The number of carbonyl (C=O) groups excluding carboxylic acids is 1.